The normalized spacial score (nSPS) is 10.9. The van der Waals surface area contributed by atoms with Crippen molar-refractivity contribution in [2.75, 3.05) is 12.1 Å². The smallest absolute Gasteiger partial charge is 0.216 e. The van der Waals surface area contributed by atoms with Crippen LogP contribution >= 0.6 is 12.2 Å². The Morgan fingerprint density at radius 1 is 1.28 bits per heavy atom. The van der Waals surface area contributed by atoms with E-state index in [0.29, 0.717) is 22.8 Å². The number of hydrazone groups is 1. The van der Waals surface area contributed by atoms with Gasteiger partial charge in [0, 0.05) is 11.1 Å². The molecule has 0 fully saturated rings. The molecule has 1 aromatic heterocycles. The highest BCUT2D eigenvalue weighted by molar-refractivity contribution is 7.71. The third kappa shape index (κ3) is 3.86. The maximum absolute atomic E-state index is 9.75. The van der Waals surface area contributed by atoms with Crippen LogP contribution < -0.4 is 10.3 Å². The number of H-pyrrole nitrogens is 1. The molecule has 8 heteroatoms. The van der Waals surface area contributed by atoms with Crippen molar-refractivity contribution in [3.05, 3.63) is 58.9 Å². The molecule has 3 aromatic rings. The van der Waals surface area contributed by atoms with E-state index < -0.39 is 0 Å². The predicted molar refractivity (Wildman–Crippen MR) is 99.1 cm³/mol. The van der Waals surface area contributed by atoms with Gasteiger partial charge in [0.15, 0.2) is 5.82 Å². The zero-order valence-corrected chi connectivity index (χ0v) is 14.3. The van der Waals surface area contributed by atoms with Gasteiger partial charge >= 0.3 is 0 Å². The number of nitrogens with zero attached hydrogens (tertiary/aromatic N) is 3. The van der Waals surface area contributed by atoms with E-state index in [-0.39, 0.29) is 5.75 Å². The summed E-state index contributed by atoms with van der Waals surface area (Å²) in [5, 5.41) is 20.8. The molecule has 0 radical (unpaired) electrons. The highest BCUT2D eigenvalue weighted by Crippen LogP contribution is 2.20. The summed E-state index contributed by atoms with van der Waals surface area (Å²) in [7, 11) is 0. The molecule has 0 bridgehead atoms. The fourth-order valence-electron chi connectivity index (χ4n) is 2.20. The van der Waals surface area contributed by atoms with E-state index in [4.69, 9.17) is 17.0 Å². The highest BCUT2D eigenvalue weighted by atomic mass is 32.1. The van der Waals surface area contributed by atoms with Crippen LogP contribution in [0.1, 0.15) is 12.5 Å². The van der Waals surface area contributed by atoms with Crippen LogP contribution in [-0.4, -0.2) is 32.8 Å². The summed E-state index contributed by atoms with van der Waals surface area (Å²) in [6.45, 7) is 2.55. The monoisotopic (exact) mass is 355 g/mol. The molecule has 3 rings (SSSR count). The molecule has 25 heavy (non-hydrogen) atoms. The molecule has 0 aliphatic heterocycles. The summed E-state index contributed by atoms with van der Waals surface area (Å²) in [5.74, 6) is 1.52. The van der Waals surface area contributed by atoms with Crippen LogP contribution in [0.2, 0.25) is 0 Å². The lowest BCUT2D eigenvalue weighted by molar-refractivity contribution is 0.340. The standard InChI is InChI=1S/C17H17N5O2S/c1-2-24-14-9-7-12(8-10-14)16-19-20-17(25)22(16)21-18-11-13-5-3-4-6-15(13)23/h3-11,21,23H,2H2,1H3,(H,20,25)/b18-11-. The molecule has 7 nitrogen and oxygen atoms in total. The van der Waals surface area contributed by atoms with E-state index in [0.717, 1.165) is 11.3 Å². The van der Waals surface area contributed by atoms with Crippen LogP contribution in [0.25, 0.3) is 11.4 Å². The van der Waals surface area contributed by atoms with E-state index in [2.05, 4.69) is 20.8 Å². The number of nitrogens with one attached hydrogen (secondary N) is 2. The van der Waals surface area contributed by atoms with Crippen LogP contribution in [0.5, 0.6) is 11.5 Å². The molecule has 0 saturated carbocycles. The number of ether oxygens (including phenoxy) is 1. The van der Waals surface area contributed by atoms with Crippen molar-refractivity contribution in [1.82, 2.24) is 14.9 Å². The summed E-state index contributed by atoms with van der Waals surface area (Å²) in [6, 6.07) is 14.4. The first-order valence-electron chi connectivity index (χ1n) is 7.66. The largest absolute Gasteiger partial charge is 0.507 e. The highest BCUT2D eigenvalue weighted by Gasteiger charge is 2.08. The van der Waals surface area contributed by atoms with Gasteiger partial charge in [0.05, 0.1) is 12.8 Å². The zero-order valence-electron chi connectivity index (χ0n) is 13.5. The van der Waals surface area contributed by atoms with E-state index >= 15 is 0 Å². The van der Waals surface area contributed by atoms with Gasteiger partial charge < -0.3 is 9.84 Å². The Bertz CT molecular complexity index is 931. The van der Waals surface area contributed by atoms with Crippen molar-refractivity contribution < 1.29 is 9.84 Å². The van der Waals surface area contributed by atoms with Gasteiger partial charge in [0.2, 0.25) is 4.77 Å². The molecule has 0 saturated heterocycles. The number of benzene rings is 2. The lowest BCUT2D eigenvalue weighted by Gasteiger charge is -2.07. The molecule has 0 amide bonds. The second-order valence-corrected chi connectivity index (χ2v) is 5.45. The predicted octanol–water partition coefficient (Wildman–Crippen LogP) is 3.29. The van der Waals surface area contributed by atoms with Gasteiger partial charge in [-0.1, -0.05) is 12.1 Å². The molecular formula is C17H17N5O2S. The van der Waals surface area contributed by atoms with Crippen LogP contribution in [0.4, 0.5) is 0 Å². The van der Waals surface area contributed by atoms with Crippen LogP contribution in [-0.2, 0) is 0 Å². The number of phenolic OH excluding ortho intramolecular Hbond substituents is 1. The number of para-hydroxylation sites is 1. The summed E-state index contributed by atoms with van der Waals surface area (Å²) >= 11 is 5.23. The third-order valence-electron chi connectivity index (χ3n) is 3.39. The Morgan fingerprint density at radius 3 is 2.76 bits per heavy atom. The van der Waals surface area contributed by atoms with Crippen molar-refractivity contribution in [2.45, 2.75) is 6.92 Å². The Kier molecular flexibility index (Phi) is 5.10. The molecule has 2 aromatic carbocycles. The minimum Gasteiger partial charge on any atom is -0.507 e. The fraction of sp³-hybridized carbons (Fsp3) is 0.118. The molecule has 0 spiro atoms. The van der Waals surface area contributed by atoms with E-state index in [1.807, 2.05) is 37.3 Å². The molecule has 128 valence electrons. The first-order valence-corrected chi connectivity index (χ1v) is 8.07. The number of aromatic amines is 1. The van der Waals surface area contributed by atoms with Gasteiger partial charge in [0.25, 0.3) is 0 Å². The summed E-state index contributed by atoms with van der Waals surface area (Å²) in [6.07, 6.45) is 1.51. The molecule has 1 heterocycles. The first-order chi connectivity index (χ1) is 12.2. The second kappa shape index (κ2) is 7.63. The van der Waals surface area contributed by atoms with Gasteiger partial charge in [-0.25, -0.2) is 10.6 Å². The van der Waals surface area contributed by atoms with Gasteiger partial charge in [-0.15, -0.1) is 0 Å². The molecule has 0 unspecified atom stereocenters. The number of aromatic hydroxyl groups is 1. The Balaban J connectivity index is 1.82. The van der Waals surface area contributed by atoms with Crippen molar-refractivity contribution in [3.63, 3.8) is 0 Å². The maximum atomic E-state index is 9.75. The molecular weight excluding hydrogens is 338 g/mol. The van der Waals surface area contributed by atoms with Gasteiger partial charge in [-0.05, 0) is 55.5 Å². The zero-order chi connectivity index (χ0) is 17.6. The SMILES string of the molecule is CCOc1ccc(-c2n[nH]c(=S)n2N/N=C\c2ccccc2O)cc1. The number of rotatable bonds is 6. The fourth-order valence-corrected chi connectivity index (χ4v) is 2.38. The Morgan fingerprint density at radius 2 is 2.04 bits per heavy atom. The number of hydrogen-bond donors (Lipinski definition) is 3. The minimum absolute atomic E-state index is 0.149. The minimum atomic E-state index is 0.149. The molecule has 0 aliphatic carbocycles. The lowest BCUT2D eigenvalue weighted by Crippen LogP contribution is -2.10. The molecule has 3 N–H and O–H groups in total. The van der Waals surface area contributed by atoms with Gasteiger partial charge in [-0.3, -0.25) is 0 Å². The van der Waals surface area contributed by atoms with Crippen LogP contribution in [0, 0.1) is 4.77 Å². The Hall–Kier alpha value is -3.13. The van der Waals surface area contributed by atoms with Crippen LogP contribution in [0.15, 0.2) is 53.6 Å². The van der Waals surface area contributed by atoms with Crippen molar-refractivity contribution in [2.24, 2.45) is 5.10 Å². The summed E-state index contributed by atoms with van der Waals surface area (Å²) in [5.41, 5.74) is 4.26. The maximum Gasteiger partial charge on any atom is 0.216 e. The Labute approximate surface area is 149 Å². The van der Waals surface area contributed by atoms with E-state index in [1.165, 1.54) is 6.21 Å². The summed E-state index contributed by atoms with van der Waals surface area (Å²) < 4.78 is 7.36. The number of hydrogen-bond acceptors (Lipinski definition) is 6. The first kappa shape index (κ1) is 16.7. The van der Waals surface area contributed by atoms with E-state index in [9.17, 15) is 5.11 Å². The lowest BCUT2D eigenvalue weighted by atomic mass is 10.2. The third-order valence-corrected chi connectivity index (χ3v) is 3.67. The topological polar surface area (TPSA) is 87.5 Å². The molecule has 0 atom stereocenters. The second-order valence-electron chi connectivity index (χ2n) is 5.06. The number of phenols is 1. The number of aromatic nitrogens is 3. The summed E-state index contributed by atoms with van der Waals surface area (Å²) in [4.78, 5) is 0. The van der Waals surface area contributed by atoms with Crippen molar-refractivity contribution in [1.29, 1.82) is 0 Å². The van der Waals surface area contributed by atoms with Crippen molar-refractivity contribution in [3.8, 4) is 22.9 Å². The molecule has 0 aliphatic rings. The van der Waals surface area contributed by atoms with Gasteiger partial charge in [0.1, 0.15) is 11.5 Å². The van der Waals surface area contributed by atoms with Gasteiger partial charge in [-0.2, -0.15) is 14.9 Å². The quantitative estimate of drug-likeness (QED) is 0.359. The average Bonchev–Trinajstić information content (AvgIpc) is 2.98. The average molecular weight is 355 g/mol. The van der Waals surface area contributed by atoms with E-state index in [1.54, 1.807) is 22.9 Å². The van der Waals surface area contributed by atoms with Crippen LogP contribution in [0.3, 0.4) is 0 Å². The van der Waals surface area contributed by atoms with Crippen molar-refractivity contribution >= 4 is 18.4 Å².